The fourth-order valence-electron chi connectivity index (χ4n) is 6.00. The first-order chi connectivity index (χ1) is 19.2. The topological polar surface area (TPSA) is 42.6 Å². The molecule has 40 heavy (non-hydrogen) atoms. The molecule has 0 fully saturated rings. The Bertz CT molecular complexity index is 1830. The van der Waals surface area contributed by atoms with E-state index < -0.39 is 11.2 Å². The quantitative estimate of drug-likeness (QED) is 0.237. The summed E-state index contributed by atoms with van der Waals surface area (Å²) in [5.74, 6) is 0.675. The van der Waals surface area contributed by atoms with E-state index >= 15 is 0 Å². The molecule has 1 aromatic heterocycles. The van der Waals surface area contributed by atoms with Crippen molar-refractivity contribution in [2.24, 2.45) is 0 Å². The second-order valence-corrected chi connectivity index (χ2v) is 12.1. The maximum Gasteiger partial charge on any atom is 0.331 e. The lowest BCUT2D eigenvalue weighted by molar-refractivity contribution is -0.0893. The zero-order valence-corrected chi connectivity index (χ0v) is 23.3. The molecular weight excluding hydrogens is 491 g/mol. The van der Waals surface area contributed by atoms with Gasteiger partial charge in [0.25, 0.3) is 0 Å². The first-order valence-corrected chi connectivity index (χ1v) is 14.0. The summed E-state index contributed by atoms with van der Waals surface area (Å²) < 4.78 is 12.3. The highest BCUT2D eigenvalue weighted by atomic mass is 16.5. The Morgan fingerprint density at radius 1 is 0.725 bits per heavy atom. The monoisotopic (exact) mass is 523 g/mol. The Morgan fingerprint density at radius 3 is 2.25 bits per heavy atom. The van der Waals surface area contributed by atoms with Crippen molar-refractivity contribution in [3.63, 3.8) is 0 Å². The minimum atomic E-state index is -0.984. The lowest BCUT2D eigenvalue weighted by Gasteiger charge is -2.37. The Kier molecular flexibility index (Phi) is 5.71. The normalized spacial score (nSPS) is 18.0. The first-order valence-electron chi connectivity index (χ1n) is 14.0. The van der Waals surface area contributed by atoms with Crippen LogP contribution in [-0.2, 0) is 4.65 Å². The molecule has 1 heterocycles. The minimum absolute atomic E-state index is 0.321. The van der Waals surface area contributed by atoms with Crippen LogP contribution in [0.2, 0.25) is 0 Å². The molecule has 0 saturated heterocycles. The molecule has 4 heteroatoms. The maximum atomic E-state index is 10.4. The van der Waals surface area contributed by atoms with Gasteiger partial charge in [0.1, 0.15) is 11.2 Å². The summed E-state index contributed by atoms with van der Waals surface area (Å²) in [5.41, 5.74) is 8.63. The van der Waals surface area contributed by atoms with Crippen LogP contribution in [0.3, 0.4) is 0 Å². The molecule has 2 atom stereocenters. The van der Waals surface area contributed by atoms with E-state index in [4.69, 9.17) is 9.07 Å². The second-order valence-electron chi connectivity index (χ2n) is 12.1. The fourth-order valence-corrected chi connectivity index (χ4v) is 6.00. The molecule has 5 aromatic rings. The van der Waals surface area contributed by atoms with Crippen LogP contribution in [0.5, 0.6) is 0 Å². The van der Waals surface area contributed by atoms with Gasteiger partial charge in [-0.25, -0.2) is 0 Å². The van der Waals surface area contributed by atoms with E-state index in [1.165, 1.54) is 33.4 Å². The number of rotatable bonds is 5. The van der Waals surface area contributed by atoms with Crippen molar-refractivity contribution in [2.45, 2.75) is 50.7 Å². The highest BCUT2D eigenvalue weighted by molar-refractivity contribution is 6.47. The molecule has 2 aliphatic rings. The van der Waals surface area contributed by atoms with Crippen molar-refractivity contribution >= 4 is 34.9 Å². The van der Waals surface area contributed by atoms with Gasteiger partial charge in [-0.1, -0.05) is 85.0 Å². The summed E-state index contributed by atoms with van der Waals surface area (Å²) in [6, 6.07) is 28.2. The van der Waals surface area contributed by atoms with Crippen molar-refractivity contribution < 1.29 is 14.2 Å². The number of allylic oxidation sites excluding steroid dienone is 4. The number of aliphatic hydroxyl groups is 1. The van der Waals surface area contributed by atoms with Crippen LogP contribution in [-0.4, -0.2) is 23.8 Å². The van der Waals surface area contributed by atoms with Crippen LogP contribution in [0, 0.1) is 0 Å². The van der Waals surface area contributed by atoms with E-state index in [0.29, 0.717) is 11.8 Å². The summed E-state index contributed by atoms with van der Waals surface area (Å²) in [6.45, 7) is 7.28. The largest absolute Gasteiger partial charge is 0.456 e. The molecule has 0 saturated carbocycles. The zero-order chi connectivity index (χ0) is 27.6. The van der Waals surface area contributed by atoms with Gasteiger partial charge in [0.05, 0.1) is 11.2 Å². The third-order valence-corrected chi connectivity index (χ3v) is 8.95. The molecule has 7 rings (SSSR count). The van der Waals surface area contributed by atoms with Gasteiger partial charge in [-0.15, -0.1) is 0 Å². The van der Waals surface area contributed by atoms with Gasteiger partial charge in [0.2, 0.25) is 0 Å². The number of hydrogen-bond donors (Lipinski definition) is 1. The molecule has 2 aliphatic carbocycles. The van der Waals surface area contributed by atoms with Crippen molar-refractivity contribution in [3.8, 4) is 22.3 Å². The van der Waals surface area contributed by atoms with Crippen LogP contribution in [0.15, 0.2) is 108 Å². The molecular formula is C36H32BO3. The van der Waals surface area contributed by atoms with E-state index in [9.17, 15) is 5.11 Å². The number of benzene rings is 4. The summed E-state index contributed by atoms with van der Waals surface area (Å²) in [7, 11) is 1.70. The Morgan fingerprint density at radius 2 is 1.45 bits per heavy atom. The van der Waals surface area contributed by atoms with E-state index in [1.807, 2.05) is 32.0 Å². The van der Waals surface area contributed by atoms with E-state index in [2.05, 4.69) is 85.0 Å². The van der Waals surface area contributed by atoms with Crippen molar-refractivity contribution in [3.05, 3.63) is 114 Å². The van der Waals surface area contributed by atoms with Crippen LogP contribution < -0.4 is 5.46 Å². The van der Waals surface area contributed by atoms with Gasteiger partial charge in [-0.3, -0.25) is 0 Å². The highest BCUT2D eigenvalue weighted by Crippen LogP contribution is 2.50. The molecule has 2 unspecified atom stereocenters. The molecule has 0 amide bonds. The van der Waals surface area contributed by atoms with Crippen molar-refractivity contribution in [1.82, 2.24) is 0 Å². The van der Waals surface area contributed by atoms with Gasteiger partial charge in [-0.05, 0) is 84.7 Å². The van der Waals surface area contributed by atoms with Crippen LogP contribution in [0.25, 0.3) is 44.2 Å². The molecule has 0 aliphatic heterocycles. The molecule has 3 nitrogen and oxygen atoms in total. The van der Waals surface area contributed by atoms with Crippen LogP contribution in [0.1, 0.15) is 50.7 Å². The molecule has 0 bridgehead atoms. The van der Waals surface area contributed by atoms with Crippen LogP contribution >= 0.6 is 0 Å². The summed E-state index contributed by atoms with van der Waals surface area (Å²) in [6.07, 6.45) is 9.03. The lowest BCUT2D eigenvalue weighted by Crippen LogP contribution is -2.49. The second kappa shape index (κ2) is 9.09. The van der Waals surface area contributed by atoms with Crippen molar-refractivity contribution in [2.75, 3.05) is 0 Å². The maximum absolute atomic E-state index is 10.4. The molecule has 4 aromatic carbocycles. The Balaban J connectivity index is 1.31. The van der Waals surface area contributed by atoms with E-state index in [1.54, 1.807) is 21.3 Å². The summed E-state index contributed by atoms with van der Waals surface area (Å²) in [4.78, 5) is 0. The molecule has 197 valence electrons. The zero-order valence-electron chi connectivity index (χ0n) is 23.3. The van der Waals surface area contributed by atoms with Crippen LogP contribution in [0.4, 0.5) is 0 Å². The summed E-state index contributed by atoms with van der Waals surface area (Å²) >= 11 is 0. The number of furan rings is 1. The summed E-state index contributed by atoms with van der Waals surface area (Å²) in [5, 5.41) is 12.6. The minimum Gasteiger partial charge on any atom is -0.456 e. The van der Waals surface area contributed by atoms with Gasteiger partial charge < -0.3 is 14.2 Å². The fraction of sp³-hybridized carbons (Fsp3) is 0.222. The third-order valence-electron chi connectivity index (χ3n) is 8.95. The average molecular weight is 523 g/mol. The predicted molar refractivity (Wildman–Crippen MR) is 165 cm³/mol. The molecule has 0 spiro atoms. The Hall–Kier alpha value is -3.86. The van der Waals surface area contributed by atoms with Gasteiger partial charge in [0, 0.05) is 22.6 Å². The molecule has 1 radical (unpaired) electrons. The third kappa shape index (κ3) is 3.97. The highest BCUT2D eigenvalue weighted by Gasteiger charge is 2.36. The van der Waals surface area contributed by atoms with E-state index in [0.717, 1.165) is 27.4 Å². The SMILES string of the molecule is CC(C)(O)C(C)(C)O[B]c1ccc2c(c1)oc1cccc(-c3ccc4c(c3)C3C=CC=CC3c3ccccc3-4)c12. The van der Waals surface area contributed by atoms with Gasteiger partial charge in [-0.2, -0.15) is 0 Å². The van der Waals surface area contributed by atoms with E-state index in [-0.39, 0.29) is 0 Å². The van der Waals surface area contributed by atoms with Crippen molar-refractivity contribution in [1.29, 1.82) is 0 Å². The lowest BCUT2D eigenvalue weighted by atomic mass is 9.69. The Labute approximate surface area is 236 Å². The number of fused-ring (bicyclic) bond motifs is 9. The first kappa shape index (κ1) is 25.1. The number of hydrogen-bond acceptors (Lipinski definition) is 3. The smallest absolute Gasteiger partial charge is 0.331 e. The predicted octanol–water partition coefficient (Wildman–Crippen LogP) is 8.04. The van der Waals surface area contributed by atoms with Gasteiger partial charge in [0.15, 0.2) is 0 Å². The standard InChI is InChI=1S/C36H32BO3/c1-35(2,38)36(3,4)40-37-23-17-19-30-33(21-23)39-32-15-9-14-24(34(30)32)22-16-18-29-27-12-6-5-10-25(27)26-11-7-8-13-28(26)31(29)20-22/h5-21,26,28,38H,1-4H3. The molecule has 1 N–H and O–H groups in total. The average Bonchev–Trinajstić information content (AvgIpc) is 3.33. The van der Waals surface area contributed by atoms with Gasteiger partial charge >= 0.3 is 7.48 Å².